The number of methoxy groups -OCH3 is 1. The molecule has 0 unspecified atom stereocenters. The van der Waals surface area contributed by atoms with Gasteiger partial charge in [-0.25, -0.2) is 9.97 Å². The Morgan fingerprint density at radius 1 is 1.35 bits per heavy atom. The Morgan fingerprint density at radius 3 is 2.80 bits per heavy atom. The van der Waals surface area contributed by atoms with Gasteiger partial charge in [0.1, 0.15) is 12.1 Å². The van der Waals surface area contributed by atoms with Crippen molar-refractivity contribution >= 4 is 23.1 Å². The normalized spacial score (nSPS) is 10.4. The standard InChI is InChI=1S/C14H17ClN4O/c1-9-13(17-8-18-14(9)20-3)19(2)7-10-6-11(16)4-5-12(10)15/h4-6,8H,7,16H2,1-3H3. The molecule has 0 aliphatic rings. The molecule has 1 aromatic heterocycles. The summed E-state index contributed by atoms with van der Waals surface area (Å²) in [6, 6.07) is 5.45. The molecule has 6 heteroatoms. The lowest BCUT2D eigenvalue weighted by Gasteiger charge is -2.21. The van der Waals surface area contributed by atoms with Gasteiger partial charge in [-0.1, -0.05) is 11.6 Å². The van der Waals surface area contributed by atoms with Crippen LogP contribution in [0.1, 0.15) is 11.1 Å². The van der Waals surface area contributed by atoms with Crippen LogP contribution in [0, 0.1) is 6.92 Å². The zero-order valence-corrected chi connectivity index (χ0v) is 12.5. The summed E-state index contributed by atoms with van der Waals surface area (Å²) in [4.78, 5) is 10.4. The average molecular weight is 293 g/mol. The van der Waals surface area contributed by atoms with E-state index in [-0.39, 0.29) is 0 Å². The molecule has 1 aromatic carbocycles. The molecule has 0 aliphatic heterocycles. The molecule has 0 saturated carbocycles. The maximum Gasteiger partial charge on any atom is 0.221 e. The number of rotatable bonds is 4. The second-order valence-corrected chi connectivity index (χ2v) is 4.95. The van der Waals surface area contributed by atoms with Crippen molar-refractivity contribution < 1.29 is 4.74 Å². The van der Waals surface area contributed by atoms with Gasteiger partial charge in [-0.05, 0) is 30.7 Å². The van der Waals surface area contributed by atoms with Gasteiger partial charge in [-0.15, -0.1) is 0 Å². The van der Waals surface area contributed by atoms with Gasteiger partial charge in [0.25, 0.3) is 0 Å². The van der Waals surface area contributed by atoms with Crippen molar-refractivity contribution in [1.82, 2.24) is 9.97 Å². The Balaban J connectivity index is 2.28. The summed E-state index contributed by atoms with van der Waals surface area (Å²) in [5.41, 5.74) is 8.32. The van der Waals surface area contributed by atoms with Crippen molar-refractivity contribution in [3.63, 3.8) is 0 Å². The van der Waals surface area contributed by atoms with Crippen LogP contribution in [0.5, 0.6) is 5.88 Å². The van der Waals surface area contributed by atoms with Crippen molar-refractivity contribution in [2.45, 2.75) is 13.5 Å². The third-order valence-electron chi connectivity index (χ3n) is 3.04. The maximum absolute atomic E-state index is 6.19. The Bertz CT molecular complexity index is 618. The molecule has 1 heterocycles. The third-order valence-corrected chi connectivity index (χ3v) is 3.41. The molecule has 0 radical (unpaired) electrons. The van der Waals surface area contributed by atoms with E-state index in [1.54, 1.807) is 19.2 Å². The lowest BCUT2D eigenvalue weighted by Crippen LogP contribution is -2.19. The smallest absolute Gasteiger partial charge is 0.221 e. The van der Waals surface area contributed by atoms with Gasteiger partial charge in [0.2, 0.25) is 5.88 Å². The van der Waals surface area contributed by atoms with E-state index in [0.717, 1.165) is 16.9 Å². The minimum absolute atomic E-state index is 0.570. The SMILES string of the molecule is COc1ncnc(N(C)Cc2cc(N)ccc2Cl)c1C. The van der Waals surface area contributed by atoms with Crippen LogP contribution in [-0.4, -0.2) is 24.1 Å². The van der Waals surface area contributed by atoms with Crippen molar-refractivity contribution in [3.05, 3.63) is 40.7 Å². The van der Waals surface area contributed by atoms with Crippen LogP contribution in [0.3, 0.4) is 0 Å². The first-order chi connectivity index (χ1) is 9.52. The topological polar surface area (TPSA) is 64.3 Å². The average Bonchev–Trinajstić information content (AvgIpc) is 2.43. The molecular formula is C14H17ClN4O. The fourth-order valence-corrected chi connectivity index (χ4v) is 2.24. The Labute approximate surface area is 123 Å². The minimum atomic E-state index is 0.570. The zero-order chi connectivity index (χ0) is 14.7. The van der Waals surface area contributed by atoms with E-state index in [0.29, 0.717) is 23.1 Å². The highest BCUT2D eigenvalue weighted by Crippen LogP contribution is 2.26. The molecule has 5 nitrogen and oxygen atoms in total. The maximum atomic E-state index is 6.19. The van der Waals surface area contributed by atoms with Gasteiger partial charge >= 0.3 is 0 Å². The molecule has 0 spiro atoms. The van der Waals surface area contributed by atoms with E-state index in [1.807, 2.05) is 24.9 Å². The molecule has 2 N–H and O–H groups in total. The largest absolute Gasteiger partial charge is 0.481 e. The first kappa shape index (κ1) is 14.4. The van der Waals surface area contributed by atoms with Crippen molar-refractivity contribution in [1.29, 1.82) is 0 Å². The summed E-state index contributed by atoms with van der Waals surface area (Å²) in [6.07, 6.45) is 1.48. The van der Waals surface area contributed by atoms with Gasteiger partial charge in [0.05, 0.1) is 12.7 Å². The summed E-state index contributed by atoms with van der Waals surface area (Å²) in [5, 5.41) is 0.685. The van der Waals surface area contributed by atoms with Crippen LogP contribution < -0.4 is 15.4 Å². The Hall–Kier alpha value is -2.01. The van der Waals surface area contributed by atoms with Crippen LogP contribution in [-0.2, 0) is 6.54 Å². The molecule has 0 fully saturated rings. The first-order valence-electron chi connectivity index (χ1n) is 6.13. The minimum Gasteiger partial charge on any atom is -0.481 e. The van der Waals surface area contributed by atoms with Gasteiger partial charge in [0.15, 0.2) is 0 Å². The summed E-state index contributed by atoms with van der Waals surface area (Å²) < 4.78 is 5.21. The monoisotopic (exact) mass is 292 g/mol. The molecule has 0 atom stereocenters. The number of nitrogens with zero attached hydrogens (tertiary/aromatic N) is 3. The molecule has 2 aromatic rings. The lowest BCUT2D eigenvalue weighted by molar-refractivity contribution is 0.393. The molecule has 0 aliphatic carbocycles. The summed E-state index contributed by atoms with van der Waals surface area (Å²) in [6.45, 7) is 2.52. The fraction of sp³-hybridized carbons (Fsp3) is 0.286. The van der Waals surface area contributed by atoms with Gasteiger partial charge < -0.3 is 15.4 Å². The molecule has 2 rings (SSSR count). The summed E-state index contributed by atoms with van der Waals surface area (Å²) in [7, 11) is 3.53. The third kappa shape index (κ3) is 2.93. The van der Waals surface area contributed by atoms with E-state index >= 15 is 0 Å². The van der Waals surface area contributed by atoms with E-state index in [9.17, 15) is 0 Å². The number of ether oxygens (including phenoxy) is 1. The van der Waals surface area contributed by atoms with E-state index in [1.165, 1.54) is 6.33 Å². The first-order valence-corrected chi connectivity index (χ1v) is 6.51. The molecule has 106 valence electrons. The number of halogens is 1. The predicted molar refractivity (Wildman–Crippen MR) is 81.3 cm³/mol. The second kappa shape index (κ2) is 5.96. The Kier molecular flexibility index (Phi) is 4.29. The molecule has 0 bridgehead atoms. The van der Waals surface area contributed by atoms with Gasteiger partial charge in [-0.2, -0.15) is 0 Å². The van der Waals surface area contributed by atoms with Gasteiger partial charge in [-0.3, -0.25) is 0 Å². The van der Waals surface area contributed by atoms with E-state index in [2.05, 4.69) is 9.97 Å². The second-order valence-electron chi connectivity index (χ2n) is 4.54. The highest BCUT2D eigenvalue weighted by Gasteiger charge is 2.13. The molecule has 20 heavy (non-hydrogen) atoms. The number of hydrogen-bond donors (Lipinski definition) is 1. The van der Waals surface area contributed by atoms with Crippen molar-refractivity contribution in [2.75, 3.05) is 24.8 Å². The zero-order valence-electron chi connectivity index (χ0n) is 11.7. The number of nitrogen functional groups attached to an aromatic ring is 1. The quantitative estimate of drug-likeness (QED) is 0.878. The van der Waals surface area contributed by atoms with E-state index in [4.69, 9.17) is 22.1 Å². The molecular weight excluding hydrogens is 276 g/mol. The van der Waals surface area contributed by atoms with Crippen LogP contribution in [0.4, 0.5) is 11.5 Å². The van der Waals surface area contributed by atoms with Gasteiger partial charge in [0, 0.05) is 24.3 Å². The van der Waals surface area contributed by atoms with Crippen LogP contribution in [0.2, 0.25) is 5.02 Å². The summed E-state index contributed by atoms with van der Waals surface area (Å²) in [5.74, 6) is 1.37. The number of nitrogens with two attached hydrogens (primary N) is 1. The number of aromatic nitrogens is 2. The highest BCUT2D eigenvalue weighted by atomic mass is 35.5. The molecule has 0 amide bonds. The number of hydrogen-bond acceptors (Lipinski definition) is 5. The predicted octanol–water partition coefficient (Wildman–Crippen LogP) is 2.67. The number of anilines is 2. The highest BCUT2D eigenvalue weighted by molar-refractivity contribution is 6.31. The van der Waals surface area contributed by atoms with Crippen molar-refractivity contribution in [2.24, 2.45) is 0 Å². The number of benzene rings is 1. The fourth-order valence-electron chi connectivity index (χ4n) is 2.06. The Morgan fingerprint density at radius 2 is 2.10 bits per heavy atom. The summed E-state index contributed by atoms with van der Waals surface area (Å²) >= 11 is 6.19. The van der Waals surface area contributed by atoms with Crippen LogP contribution >= 0.6 is 11.6 Å². The lowest BCUT2D eigenvalue weighted by atomic mass is 10.2. The van der Waals surface area contributed by atoms with Crippen LogP contribution in [0.25, 0.3) is 0 Å². The molecule has 0 saturated heterocycles. The van der Waals surface area contributed by atoms with E-state index < -0.39 is 0 Å². The van der Waals surface area contributed by atoms with Crippen molar-refractivity contribution in [3.8, 4) is 5.88 Å². The van der Waals surface area contributed by atoms with Crippen LogP contribution in [0.15, 0.2) is 24.5 Å².